The Morgan fingerprint density at radius 2 is 2.12 bits per heavy atom. The number of hydrogen-bond acceptors (Lipinski definition) is 3. The zero-order valence-electron chi connectivity index (χ0n) is 9.69. The SMILES string of the molecule is CC1CN(c2ccncc2CCl)CC(C)O1. The van der Waals surface area contributed by atoms with Crippen molar-refractivity contribution in [3.8, 4) is 0 Å². The van der Waals surface area contributed by atoms with Crippen LogP contribution in [0.5, 0.6) is 0 Å². The van der Waals surface area contributed by atoms with Crippen LogP contribution in [-0.2, 0) is 10.6 Å². The van der Waals surface area contributed by atoms with Crippen molar-refractivity contribution in [2.45, 2.75) is 31.9 Å². The van der Waals surface area contributed by atoms with E-state index in [0.717, 1.165) is 18.7 Å². The Bertz CT molecular complexity index is 349. The molecule has 4 heteroatoms. The minimum absolute atomic E-state index is 0.264. The number of ether oxygens (including phenoxy) is 1. The van der Waals surface area contributed by atoms with Gasteiger partial charge in [-0.15, -0.1) is 11.6 Å². The molecule has 0 aliphatic carbocycles. The molecule has 0 aromatic carbocycles. The molecule has 0 N–H and O–H groups in total. The minimum Gasteiger partial charge on any atom is -0.372 e. The maximum atomic E-state index is 5.93. The Morgan fingerprint density at radius 1 is 1.44 bits per heavy atom. The van der Waals surface area contributed by atoms with Crippen LogP contribution >= 0.6 is 11.6 Å². The van der Waals surface area contributed by atoms with Crippen molar-refractivity contribution >= 4 is 17.3 Å². The monoisotopic (exact) mass is 240 g/mol. The van der Waals surface area contributed by atoms with Gasteiger partial charge in [0, 0.05) is 36.7 Å². The van der Waals surface area contributed by atoms with Crippen LogP contribution in [0.25, 0.3) is 0 Å². The largest absolute Gasteiger partial charge is 0.372 e. The molecule has 0 bridgehead atoms. The molecule has 1 aliphatic rings. The molecule has 1 aliphatic heterocycles. The Labute approximate surface area is 101 Å². The number of pyridine rings is 1. The van der Waals surface area contributed by atoms with E-state index in [1.807, 2.05) is 18.5 Å². The molecule has 1 aromatic heterocycles. The third-order valence-electron chi connectivity index (χ3n) is 2.78. The summed E-state index contributed by atoms with van der Waals surface area (Å²) in [5.41, 5.74) is 2.28. The summed E-state index contributed by atoms with van der Waals surface area (Å²) >= 11 is 5.93. The van der Waals surface area contributed by atoms with Crippen molar-refractivity contribution in [3.05, 3.63) is 24.0 Å². The van der Waals surface area contributed by atoms with Gasteiger partial charge in [-0.1, -0.05) is 0 Å². The number of aromatic nitrogens is 1. The molecule has 2 rings (SSSR count). The minimum atomic E-state index is 0.264. The summed E-state index contributed by atoms with van der Waals surface area (Å²) in [5, 5.41) is 0. The lowest BCUT2D eigenvalue weighted by Crippen LogP contribution is -2.45. The van der Waals surface area contributed by atoms with Crippen molar-refractivity contribution < 1.29 is 4.74 Å². The Balaban J connectivity index is 2.22. The molecular weight excluding hydrogens is 224 g/mol. The predicted molar refractivity (Wildman–Crippen MR) is 66.0 cm³/mol. The van der Waals surface area contributed by atoms with Crippen LogP contribution in [0.15, 0.2) is 18.5 Å². The van der Waals surface area contributed by atoms with Gasteiger partial charge in [0.25, 0.3) is 0 Å². The lowest BCUT2D eigenvalue weighted by Gasteiger charge is -2.37. The van der Waals surface area contributed by atoms with E-state index in [1.165, 1.54) is 5.69 Å². The summed E-state index contributed by atoms with van der Waals surface area (Å²) in [6.45, 7) is 6.03. The molecule has 2 atom stereocenters. The third-order valence-corrected chi connectivity index (χ3v) is 3.07. The number of alkyl halides is 1. The second-order valence-corrected chi connectivity index (χ2v) is 4.57. The number of rotatable bonds is 2. The van der Waals surface area contributed by atoms with E-state index in [9.17, 15) is 0 Å². The Kier molecular flexibility index (Phi) is 3.66. The summed E-state index contributed by atoms with van der Waals surface area (Å²) < 4.78 is 5.72. The van der Waals surface area contributed by atoms with Gasteiger partial charge < -0.3 is 9.64 Å². The molecule has 3 nitrogen and oxygen atoms in total. The number of halogens is 1. The molecule has 2 heterocycles. The zero-order chi connectivity index (χ0) is 11.5. The lowest BCUT2D eigenvalue weighted by atomic mass is 10.1. The smallest absolute Gasteiger partial charge is 0.0726 e. The Morgan fingerprint density at radius 3 is 2.75 bits per heavy atom. The molecule has 1 aromatic rings. The third kappa shape index (κ3) is 2.47. The van der Waals surface area contributed by atoms with Gasteiger partial charge in [0.15, 0.2) is 0 Å². The van der Waals surface area contributed by atoms with Gasteiger partial charge in [-0.05, 0) is 19.9 Å². The van der Waals surface area contributed by atoms with E-state index in [-0.39, 0.29) is 12.2 Å². The van der Waals surface area contributed by atoms with Gasteiger partial charge in [-0.3, -0.25) is 4.98 Å². The molecule has 2 unspecified atom stereocenters. The average Bonchev–Trinajstić information content (AvgIpc) is 2.27. The maximum Gasteiger partial charge on any atom is 0.0726 e. The average molecular weight is 241 g/mol. The summed E-state index contributed by atoms with van der Waals surface area (Å²) in [5.74, 6) is 0.503. The summed E-state index contributed by atoms with van der Waals surface area (Å²) in [6, 6.07) is 2.03. The fourth-order valence-corrected chi connectivity index (χ4v) is 2.41. The zero-order valence-corrected chi connectivity index (χ0v) is 10.4. The molecule has 0 amide bonds. The van der Waals surface area contributed by atoms with Gasteiger partial charge in [-0.25, -0.2) is 0 Å². The van der Waals surface area contributed by atoms with Gasteiger partial charge in [-0.2, -0.15) is 0 Å². The summed E-state index contributed by atoms with van der Waals surface area (Å²) in [4.78, 5) is 6.44. The summed E-state index contributed by atoms with van der Waals surface area (Å²) in [6.07, 6.45) is 4.18. The molecule has 1 fully saturated rings. The van der Waals surface area contributed by atoms with Crippen LogP contribution in [0.4, 0.5) is 5.69 Å². The van der Waals surface area contributed by atoms with E-state index in [0.29, 0.717) is 5.88 Å². The molecule has 0 spiro atoms. The number of nitrogens with zero attached hydrogens (tertiary/aromatic N) is 2. The van der Waals surface area contributed by atoms with Crippen molar-refractivity contribution in [2.24, 2.45) is 0 Å². The first-order valence-electron chi connectivity index (χ1n) is 5.60. The van der Waals surface area contributed by atoms with Crippen LogP contribution in [0.2, 0.25) is 0 Å². The van der Waals surface area contributed by atoms with Gasteiger partial charge in [0.2, 0.25) is 0 Å². The van der Waals surface area contributed by atoms with Gasteiger partial charge >= 0.3 is 0 Å². The number of hydrogen-bond donors (Lipinski definition) is 0. The lowest BCUT2D eigenvalue weighted by molar-refractivity contribution is -0.00525. The van der Waals surface area contributed by atoms with Crippen molar-refractivity contribution in [2.75, 3.05) is 18.0 Å². The Hall–Kier alpha value is -0.800. The fraction of sp³-hybridized carbons (Fsp3) is 0.583. The van der Waals surface area contributed by atoms with Crippen LogP contribution in [-0.4, -0.2) is 30.3 Å². The second-order valence-electron chi connectivity index (χ2n) is 4.30. The van der Waals surface area contributed by atoms with Gasteiger partial charge in [0.1, 0.15) is 0 Å². The highest BCUT2D eigenvalue weighted by molar-refractivity contribution is 6.17. The van der Waals surface area contributed by atoms with Gasteiger partial charge in [0.05, 0.1) is 18.1 Å². The van der Waals surface area contributed by atoms with Crippen LogP contribution < -0.4 is 4.90 Å². The van der Waals surface area contributed by atoms with Crippen molar-refractivity contribution in [3.63, 3.8) is 0 Å². The predicted octanol–water partition coefficient (Wildman–Crippen LogP) is 2.43. The van der Waals surface area contributed by atoms with E-state index in [2.05, 4.69) is 23.7 Å². The van der Waals surface area contributed by atoms with Crippen LogP contribution in [0.3, 0.4) is 0 Å². The maximum absolute atomic E-state index is 5.93. The number of anilines is 1. The standard InChI is InChI=1S/C12H17ClN2O/c1-9-7-15(8-10(2)16-9)12-3-4-14-6-11(12)5-13/h3-4,6,9-10H,5,7-8H2,1-2H3. The van der Waals surface area contributed by atoms with Crippen LogP contribution in [0, 0.1) is 0 Å². The molecule has 0 saturated carbocycles. The molecular formula is C12H17ClN2O. The second kappa shape index (κ2) is 5.02. The molecule has 16 heavy (non-hydrogen) atoms. The summed E-state index contributed by atoms with van der Waals surface area (Å²) in [7, 11) is 0. The van der Waals surface area contributed by atoms with Crippen LogP contribution in [0.1, 0.15) is 19.4 Å². The molecule has 0 radical (unpaired) electrons. The fourth-order valence-electron chi connectivity index (χ4n) is 2.21. The highest BCUT2D eigenvalue weighted by atomic mass is 35.5. The normalized spacial score (nSPS) is 25.8. The van der Waals surface area contributed by atoms with E-state index in [4.69, 9.17) is 16.3 Å². The topological polar surface area (TPSA) is 25.4 Å². The van der Waals surface area contributed by atoms with Crippen molar-refractivity contribution in [1.29, 1.82) is 0 Å². The van der Waals surface area contributed by atoms with E-state index >= 15 is 0 Å². The first kappa shape index (κ1) is 11.7. The molecule has 1 saturated heterocycles. The van der Waals surface area contributed by atoms with E-state index in [1.54, 1.807) is 0 Å². The van der Waals surface area contributed by atoms with Crippen molar-refractivity contribution in [1.82, 2.24) is 4.98 Å². The number of morpholine rings is 1. The highest BCUT2D eigenvalue weighted by Crippen LogP contribution is 2.24. The quantitative estimate of drug-likeness (QED) is 0.743. The van der Waals surface area contributed by atoms with E-state index < -0.39 is 0 Å². The molecule has 88 valence electrons. The first-order chi connectivity index (χ1) is 7.70. The first-order valence-corrected chi connectivity index (χ1v) is 6.13. The highest BCUT2D eigenvalue weighted by Gasteiger charge is 2.23.